The molecule has 1 unspecified atom stereocenters. The number of hydrogen-bond donors (Lipinski definition) is 1. The molecule has 39 heavy (non-hydrogen) atoms. The minimum absolute atomic E-state index is 0.0435. The highest BCUT2D eigenvalue weighted by atomic mass is 16.7. The molecule has 2 amide bonds. The predicted octanol–water partition coefficient (Wildman–Crippen LogP) is 5.51. The molecule has 1 N–H and O–H groups in total. The first-order chi connectivity index (χ1) is 19.0. The van der Waals surface area contributed by atoms with Gasteiger partial charge in [-0.3, -0.25) is 9.59 Å². The lowest BCUT2D eigenvalue weighted by Crippen LogP contribution is -2.42. The van der Waals surface area contributed by atoms with Gasteiger partial charge in [0.2, 0.25) is 12.7 Å². The Morgan fingerprint density at radius 2 is 1.64 bits per heavy atom. The Hall–Kier alpha value is -4.78. The van der Waals surface area contributed by atoms with E-state index in [4.69, 9.17) is 14.2 Å². The summed E-state index contributed by atoms with van der Waals surface area (Å²) in [6.07, 6.45) is 0. The Labute approximate surface area is 225 Å². The zero-order chi connectivity index (χ0) is 26.7. The molecular weight excluding hydrogens is 492 g/mol. The van der Waals surface area contributed by atoms with Gasteiger partial charge in [-0.05, 0) is 66.4 Å². The minimum Gasteiger partial charge on any atom is -0.491 e. The minimum atomic E-state index is -0.946. The van der Waals surface area contributed by atoms with Crippen molar-refractivity contribution in [3.05, 3.63) is 112 Å². The predicted molar refractivity (Wildman–Crippen MR) is 147 cm³/mol. The number of aryl methyl sites for hydroxylation is 1. The van der Waals surface area contributed by atoms with Crippen LogP contribution in [0.3, 0.4) is 0 Å². The summed E-state index contributed by atoms with van der Waals surface area (Å²) in [4.78, 5) is 28.9. The Bertz CT molecular complexity index is 1660. The first kappa shape index (κ1) is 23.3. The summed E-state index contributed by atoms with van der Waals surface area (Å²) in [5.74, 6) is 1.68. The van der Waals surface area contributed by atoms with Crippen LogP contribution in [-0.2, 0) is 16.8 Å². The van der Waals surface area contributed by atoms with Gasteiger partial charge in [0.05, 0.1) is 6.54 Å². The monoisotopic (exact) mass is 518 g/mol. The van der Waals surface area contributed by atoms with Gasteiger partial charge in [-0.2, -0.15) is 0 Å². The SMILES string of the molecule is Cc1cccc(NC(=O)c2ccc(CN3C(=O)C4(COc5cc6c(cc54)OCO6)c4ccccc43)cc2)c1C. The molecule has 4 aromatic rings. The smallest absolute Gasteiger partial charge is 0.255 e. The van der Waals surface area contributed by atoms with Gasteiger partial charge in [-0.1, -0.05) is 42.5 Å². The first-order valence-corrected chi connectivity index (χ1v) is 12.9. The van der Waals surface area contributed by atoms with Gasteiger partial charge in [0.25, 0.3) is 5.91 Å². The average Bonchev–Trinajstić information content (AvgIpc) is 3.63. The number of amides is 2. The molecule has 0 fully saturated rings. The fraction of sp³-hybridized carbons (Fsp3) is 0.188. The van der Waals surface area contributed by atoms with Crippen LogP contribution in [-0.4, -0.2) is 25.2 Å². The number of carbonyl (C=O) groups is 2. The molecule has 0 bridgehead atoms. The van der Waals surface area contributed by atoms with E-state index in [0.29, 0.717) is 29.4 Å². The highest BCUT2D eigenvalue weighted by Crippen LogP contribution is 2.55. The molecule has 3 heterocycles. The normalized spacial score (nSPS) is 18.2. The van der Waals surface area contributed by atoms with Crippen LogP contribution in [0.1, 0.15) is 38.2 Å². The third-order valence-electron chi connectivity index (χ3n) is 8.05. The second kappa shape index (κ2) is 8.63. The van der Waals surface area contributed by atoms with E-state index in [1.54, 1.807) is 12.1 Å². The fourth-order valence-electron chi connectivity index (χ4n) is 5.75. The van der Waals surface area contributed by atoms with Crippen molar-refractivity contribution >= 4 is 23.2 Å². The molecular formula is C32H26N2O5. The standard InChI is InChI=1S/C32H26N2O5/c1-19-6-5-8-25(20(19)2)33-30(35)22-12-10-21(11-13-22)16-34-26-9-4-3-7-23(26)32(31(34)36)17-37-27-15-29-28(14-24(27)32)38-18-39-29/h3-15H,16-18H2,1-2H3,(H,33,35). The zero-order valence-electron chi connectivity index (χ0n) is 21.6. The first-order valence-electron chi connectivity index (χ1n) is 12.9. The van der Waals surface area contributed by atoms with E-state index in [1.807, 2.05) is 85.5 Å². The number of para-hydroxylation sites is 1. The number of carbonyl (C=O) groups excluding carboxylic acids is 2. The summed E-state index contributed by atoms with van der Waals surface area (Å²) in [6, 6.07) is 24.8. The highest BCUT2D eigenvalue weighted by molar-refractivity contribution is 6.11. The maximum Gasteiger partial charge on any atom is 0.255 e. The molecule has 7 rings (SSSR count). The lowest BCUT2D eigenvalue weighted by molar-refractivity contribution is -0.122. The van der Waals surface area contributed by atoms with E-state index < -0.39 is 5.41 Å². The van der Waals surface area contributed by atoms with Crippen LogP contribution in [0.4, 0.5) is 11.4 Å². The Morgan fingerprint density at radius 1 is 0.872 bits per heavy atom. The van der Waals surface area contributed by atoms with E-state index >= 15 is 0 Å². The van der Waals surface area contributed by atoms with Crippen molar-refractivity contribution in [1.29, 1.82) is 0 Å². The van der Waals surface area contributed by atoms with E-state index in [1.165, 1.54) is 0 Å². The number of nitrogens with zero attached hydrogens (tertiary/aromatic N) is 1. The number of benzene rings is 4. The van der Waals surface area contributed by atoms with Crippen molar-refractivity contribution in [1.82, 2.24) is 0 Å². The molecule has 1 atom stereocenters. The van der Waals surface area contributed by atoms with E-state index in [-0.39, 0.29) is 25.2 Å². The van der Waals surface area contributed by atoms with Crippen LogP contribution in [0.5, 0.6) is 17.2 Å². The number of nitrogens with one attached hydrogen (secondary N) is 1. The third kappa shape index (κ3) is 3.50. The van der Waals surface area contributed by atoms with Crippen molar-refractivity contribution < 1.29 is 23.8 Å². The molecule has 0 saturated carbocycles. The van der Waals surface area contributed by atoms with Crippen LogP contribution >= 0.6 is 0 Å². The average molecular weight is 519 g/mol. The van der Waals surface area contributed by atoms with E-state index in [0.717, 1.165) is 39.2 Å². The number of hydrogen-bond acceptors (Lipinski definition) is 5. The van der Waals surface area contributed by atoms with Gasteiger partial charge in [0, 0.05) is 28.6 Å². The molecule has 1 spiro atoms. The summed E-state index contributed by atoms with van der Waals surface area (Å²) in [5, 5.41) is 3.00. The van der Waals surface area contributed by atoms with Crippen molar-refractivity contribution in [3.8, 4) is 17.2 Å². The maximum absolute atomic E-state index is 14.2. The molecule has 194 valence electrons. The lowest BCUT2D eigenvalue weighted by Gasteiger charge is -2.23. The molecule has 4 aromatic carbocycles. The highest BCUT2D eigenvalue weighted by Gasteiger charge is 2.57. The summed E-state index contributed by atoms with van der Waals surface area (Å²) >= 11 is 0. The molecule has 0 saturated heterocycles. The summed E-state index contributed by atoms with van der Waals surface area (Å²) in [5.41, 5.74) is 6.06. The Balaban J connectivity index is 1.17. The maximum atomic E-state index is 14.2. The number of anilines is 2. The van der Waals surface area contributed by atoms with Crippen molar-refractivity contribution in [2.45, 2.75) is 25.8 Å². The third-order valence-corrected chi connectivity index (χ3v) is 8.05. The van der Waals surface area contributed by atoms with Crippen LogP contribution < -0.4 is 24.4 Å². The molecule has 0 radical (unpaired) electrons. The molecule has 3 aliphatic heterocycles. The molecule has 3 aliphatic rings. The van der Waals surface area contributed by atoms with Gasteiger partial charge >= 0.3 is 0 Å². The molecule has 0 aromatic heterocycles. The topological polar surface area (TPSA) is 77.1 Å². The summed E-state index contributed by atoms with van der Waals surface area (Å²) in [6.45, 7) is 4.76. The van der Waals surface area contributed by atoms with Crippen LogP contribution in [0.2, 0.25) is 0 Å². The van der Waals surface area contributed by atoms with Gasteiger partial charge < -0.3 is 24.4 Å². The van der Waals surface area contributed by atoms with Crippen LogP contribution in [0, 0.1) is 13.8 Å². The van der Waals surface area contributed by atoms with Crippen LogP contribution in [0.15, 0.2) is 78.9 Å². The second-order valence-corrected chi connectivity index (χ2v) is 10.2. The van der Waals surface area contributed by atoms with Crippen molar-refractivity contribution in [2.75, 3.05) is 23.6 Å². The summed E-state index contributed by atoms with van der Waals surface area (Å²) < 4.78 is 17.2. The largest absolute Gasteiger partial charge is 0.491 e. The van der Waals surface area contributed by atoms with Gasteiger partial charge in [-0.15, -0.1) is 0 Å². The van der Waals surface area contributed by atoms with E-state index in [9.17, 15) is 9.59 Å². The molecule has 7 heteroatoms. The fourth-order valence-corrected chi connectivity index (χ4v) is 5.75. The Morgan fingerprint density at radius 3 is 2.46 bits per heavy atom. The Kier molecular flexibility index (Phi) is 5.17. The second-order valence-electron chi connectivity index (χ2n) is 10.2. The van der Waals surface area contributed by atoms with E-state index in [2.05, 4.69) is 5.32 Å². The van der Waals surface area contributed by atoms with Gasteiger partial charge in [0.1, 0.15) is 17.8 Å². The van der Waals surface area contributed by atoms with Crippen molar-refractivity contribution in [3.63, 3.8) is 0 Å². The number of ether oxygens (including phenoxy) is 3. The molecule has 7 nitrogen and oxygen atoms in total. The van der Waals surface area contributed by atoms with Crippen molar-refractivity contribution in [2.24, 2.45) is 0 Å². The number of rotatable bonds is 4. The zero-order valence-corrected chi connectivity index (χ0v) is 21.6. The van der Waals surface area contributed by atoms with Gasteiger partial charge in [-0.25, -0.2) is 0 Å². The molecule has 0 aliphatic carbocycles. The summed E-state index contributed by atoms with van der Waals surface area (Å²) in [7, 11) is 0. The van der Waals surface area contributed by atoms with Crippen LogP contribution in [0.25, 0.3) is 0 Å². The lowest BCUT2D eigenvalue weighted by atomic mass is 9.77. The number of fused-ring (bicyclic) bond motifs is 5. The quantitative estimate of drug-likeness (QED) is 0.386. The van der Waals surface area contributed by atoms with Gasteiger partial charge in [0.15, 0.2) is 11.5 Å².